The second-order valence-corrected chi connectivity index (χ2v) is 10.2. The Kier molecular flexibility index (Phi) is 5.26. The number of sulfone groups is 1. The van der Waals surface area contributed by atoms with Crippen LogP contribution in [0.4, 0.5) is 0 Å². The fourth-order valence-electron chi connectivity index (χ4n) is 3.84. The van der Waals surface area contributed by atoms with E-state index in [1.165, 1.54) is 23.1 Å². The number of tetrazole rings is 1. The highest BCUT2D eigenvalue weighted by Crippen LogP contribution is 2.44. The average Bonchev–Trinajstić information content (AvgIpc) is 3.24. The SMILES string of the molecule is O=C(O)c1ccc(C2CC2)c(S(=O)(=O)Cc2cc(-n3cnnn3)c(Cl)cc2-n2cccc2)c1. The highest BCUT2D eigenvalue weighted by Gasteiger charge is 2.32. The van der Waals surface area contributed by atoms with E-state index in [1.807, 2.05) is 12.1 Å². The van der Waals surface area contributed by atoms with Gasteiger partial charge in [-0.2, -0.15) is 4.68 Å². The van der Waals surface area contributed by atoms with Gasteiger partial charge in [0.2, 0.25) is 0 Å². The van der Waals surface area contributed by atoms with Gasteiger partial charge in [-0.05, 0) is 76.7 Å². The number of aromatic carboxylic acids is 1. The predicted octanol–water partition coefficient (Wildman–Crippen LogP) is 3.66. The first-order chi connectivity index (χ1) is 15.8. The molecule has 1 N–H and O–H groups in total. The Morgan fingerprint density at radius 3 is 2.52 bits per heavy atom. The molecule has 0 amide bonds. The number of hydrogen-bond acceptors (Lipinski definition) is 6. The molecule has 0 bridgehead atoms. The quantitative estimate of drug-likeness (QED) is 0.426. The summed E-state index contributed by atoms with van der Waals surface area (Å²) in [6, 6.07) is 11.3. The van der Waals surface area contributed by atoms with Gasteiger partial charge < -0.3 is 9.67 Å². The lowest BCUT2D eigenvalue weighted by atomic mass is 10.1. The predicted molar refractivity (Wildman–Crippen MR) is 120 cm³/mol. The molecule has 168 valence electrons. The molecule has 2 aromatic heterocycles. The molecule has 2 aromatic carbocycles. The largest absolute Gasteiger partial charge is 0.478 e. The molecule has 0 aliphatic heterocycles. The molecular formula is C22H18ClN5O4S. The third-order valence-corrected chi connectivity index (χ3v) is 7.60. The van der Waals surface area contributed by atoms with E-state index >= 15 is 0 Å². The molecule has 1 aliphatic carbocycles. The number of benzene rings is 2. The summed E-state index contributed by atoms with van der Waals surface area (Å²) in [5.74, 6) is -1.40. The van der Waals surface area contributed by atoms with Crippen molar-refractivity contribution in [3.63, 3.8) is 0 Å². The van der Waals surface area contributed by atoms with Crippen molar-refractivity contribution >= 4 is 27.4 Å². The van der Waals surface area contributed by atoms with Crippen molar-refractivity contribution in [3.05, 3.63) is 82.9 Å². The zero-order chi connectivity index (χ0) is 23.2. The van der Waals surface area contributed by atoms with Crippen LogP contribution in [0.2, 0.25) is 5.02 Å². The molecule has 2 heterocycles. The van der Waals surface area contributed by atoms with Gasteiger partial charge in [-0.15, -0.1) is 5.10 Å². The van der Waals surface area contributed by atoms with E-state index in [0.29, 0.717) is 27.5 Å². The van der Waals surface area contributed by atoms with Crippen LogP contribution in [0, 0.1) is 0 Å². The van der Waals surface area contributed by atoms with E-state index in [1.54, 1.807) is 35.2 Å². The van der Waals surface area contributed by atoms with E-state index in [-0.39, 0.29) is 22.1 Å². The van der Waals surface area contributed by atoms with Gasteiger partial charge >= 0.3 is 5.97 Å². The van der Waals surface area contributed by atoms with E-state index in [4.69, 9.17) is 11.6 Å². The molecule has 1 aliphatic rings. The summed E-state index contributed by atoms with van der Waals surface area (Å²) >= 11 is 6.48. The minimum absolute atomic E-state index is 0.0577. The summed E-state index contributed by atoms with van der Waals surface area (Å²) in [5.41, 5.74) is 2.10. The van der Waals surface area contributed by atoms with Gasteiger partial charge in [0.1, 0.15) is 6.33 Å². The number of halogens is 1. The van der Waals surface area contributed by atoms with Gasteiger partial charge in [-0.25, -0.2) is 13.2 Å². The molecule has 9 nitrogen and oxygen atoms in total. The Bertz CT molecular complexity index is 1450. The number of hydrogen-bond donors (Lipinski definition) is 1. The topological polar surface area (TPSA) is 120 Å². The van der Waals surface area contributed by atoms with Crippen LogP contribution in [0.25, 0.3) is 11.4 Å². The van der Waals surface area contributed by atoms with Crippen molar-refractivity contribution in [1.82, 2.24) is 24.8 Å². The molecule has 0 radical (unpaired) electrons. The van der Waals surface area contributed by atoms with E-state index in [2.05, 4.69) is 15.5 Å². The lowest BCUT2D eigenvalue weighted by Crippen LogP contribution is -2.12. The summed E-state index contributed by atoms with van der Waals surface area (Å²) in [5, 5.41) is 20.9. The maximum atomic E-state index is 13.7. The Labute approximate surface area is 194 Å². The van der Waals surface area contributed by atoms with Gasteiger partial charge in [0.15, 0.2) is 9.84 Å². The minimum atomic E-state index is -3.90. The molecule has 4 aromatic rings. The Morgan fingerprint density at radius 1 is 1.12 bits per heavy atom. The molecule has 0 atom stereocenters. The lowest BCUT2D eigenvalue weighted by molar-refractivity contribution is 0.0696. The van der Waals surface area contributed by atoms with Crippen LogP contribution in [0.15, 0.2) is 66.1 Å². The molecule has 0 unspecified atom stereocenters. The van der Waals surface area contributed by atoms with E-state index in [9.17, 15) is 18.3 Å². The zero-order valence-corrected chi connectivity index (χ0v) is 18.7. The van der Waals surface area contributed by atoms with Crippen molar-refractivity contribution in [3.8, 4) is 11.4 Å². The van der Waals surface area contributed by atoms with Crippen molar-refractivity contribution in [2.75, 3.05) is 0 Å². The summed E-state index contributed by atoms with van der Waals surface area (Å²) in [6.45, 7) is 0. The van der Waals surface area contributed by atoms with Gasteiger partial charge in [0.05, 0.1) is 32.6 Å². The number of carboxylic acids is 1. The van der Waals surface area contributed by atoms with Crippen LogP contribution >= 0.6 is 11.6 Å². The third kappa shape index (κ3) is 4.14. The average molecular weight is 484 g/mol. The monoisotopic (exact) mass is 483 g/mol. The number of carboxylic acid groups (broad SMARTS) is 1. The molecular weight excluding hydrogens is 466 g/mol. The van der Waals surface area contributed by atoms with Crippen LogP contribution in [0.3, 0.4) is 0 Å². The van der Waals surface area contributed by atoms with Gasteiger partial charge in [-0.1, -0.05) is 17.7 Å². The first kappa shape index (κ1) is 21.4. The fraction of sp³-hybridized carbons (Fsp3) is 0.182. The fourth-order valence-corrected chi connectivity index (χ4v) is 5.78. The zero-order valence-electron chi connectivity index (χ0n) is 17.2. The lowest BCUT2D eigenvalue weighted by Gasteiger charge is -2.16. The Balaban J connectivity index is 1.65. The first-order valence-electron chi connectivity index (χ1n) is 10.1. The van der Waals surface area contributed by atoms with Gasteiger partial charge in [-0.3, -0.25) is 0 Å². The third-order valence-electron chi connectivity index (χ3n) is 5.58. The van der Waals surface area contributed by atoms with Crippen LogP contribution in [0.1, 0.15) is 40.2 Å². The van der Waals surface area contributed by atoms with Crippen LogP contribution in [-0.2, 0) is 15.6 Å². The molecule has 1 saturated carbocycles. The smallest absolute Gasteiger partial charge is 0.335 e. The van der Waals surface area contributed by atoms with Gasteiger partial charge in [0, 0.05) is 12.4 Å². The number of carbonyl (C=O) groups is 1. The van der Waals surface area contributed by atoms with Gasteiger partial charge in [0.25, 0.3) is 0 Å². The minimum Gasteiger partial charge on any atom is -0.478 e. The summed E-state index contributed by atoms with van der Waals surface area (Å²) in [7, 11) is -3.90. The van der Waals surface area contributed by atoms with Crippen molar-refractivity contribution in [2.24, 2.45) is 0 Å². The van der Waals surface area contributed by atoms with Crippen molar-refractivity contribution in [2.45, 2.75) is 29.4 Å². The number of rotatable bonds is 7. The summed E-state index contributed by atoms with van der Waals surface area (Å²) in [4.78, 5) is 11.6. The summed E-state index contributed by atoms with van der Waals surface area (Å²) < 4.78 is 30.4. The second kappa shape index (κ2) is 8.13. The van der Waals surface area contributed by atoms with Crippen molar-refractivity contribution < 1.29 is 18.3 Å². The number of nitrogens with zero attached hydrogens (tertiary/aromatic N) is 5. The molecule has 5 rings (SSSR count). The molecule has 0 saturated heterocycles. The van der Waals surface area contributed by atoms with Crippen molar-refractivity contribution in [1.29, 1.82) is 0 Å². The maximum absolute atomic E-state index is 13.7. The van der Waals surface area contributed by atoms with E-state index < -0.39 is 15.8 Å². The molecule has 1 fully saturated rings. The summed E-state index contributed by atoms with van der Waals surface area (Å²) in [6.07, 6.45) is 6.72. The Morgan fingerprint density at radius 2 is 1.88 bits per heavy atom. The second-order valence-electron chi connectivity index (χ2n) is 7.87. The highest BCUT2D eigenvalue weighted by atomic mass is 35.5. The van der Waals surface area contributed by atoms with Crippen LogP contribution < -0.4 is 0 Å². The standard InChI is InChI=1S/C22H18ClN5O4S/c23-18-11-19(27-7-1-2-8-27)16(9-20(18)28-13-24-25-26-28)12-33(31,32)21-10-15(22(29)30)5-6-17(21)14-3-4-14/h1-2,5-11,13-14H,3-4,12H2,(H,29,30). The van der Waals surface area contributed by atoms with Crippen LogP contribution in [-0.4, -0.2) is 44.3 Å². The maximum Gasteiger partial charge on any atom is 0.335 e. The molecule has 11 heteroatoms. The Hall–Kier alpha value is -3.50. The van der Waals surface area contributed by atoms with E-state index in [0.717, 1.165) is 12.8 Å². The highest BCUT2D eigenvalue weighted by molar-refractivity contribution is 7.90. The molecule has 33 heavy (non-hydrogen) atoms. The normalized spacial score (nSPS) is 13.8. The molecule has 0 spiro atoms. The first-order valence-corrected chi connectivity index (χ1v) is 12.2. The number of aromatic nitrogens is 5. The van der Waals surface area contributed by atoms with Crippen LogP contribution in [0.5, 0.6) is 0 Å².